The molecule has 1 aromatic carbocycles. The number of anilines is 1. The maximum absolute atomic E-state index is 12.8. The molecule has 1 atom stereocenters. The third kappa shape index (κ3) is 5.59. The Morgan fingerprint density at radius 2 is 1.97 bits per heavy atom. The number of hydrogen-bond donors (Lipinski definition) is 1. The monoisotopic (exact) mass is 441 g/mol. The third-order valence-corrected chi connectivity index (χ3v) is 6.79. The number of hydrogen-bond acceptors (Lipinski definition) is 7. The molecule has 1 saturated heterocycles. The van der Waals surface area contributed by atoms with Crippen LogP contribution in [0.5, 0.6) is 5.75 Å². The van der Waals surface area contributed by atoms with Gasteiger partial charge in [0.05, 0.1) is 13.0 Å². The quantitative estimate of drug-likeness (QED) is 0.673. The van der Waals surface area contributed by atoms with Crippen LogP contribution in [0.4, 0.5) is 6.01 Å². The fraction of sp³-hybridized carbons (Fsp3) is 0.625. The van der Waals surface area contributed by atoms with Crippen LogP contribution in [0.3, 0.4) is 0 Å². The van der Waals surface area contributed by atoms with Crippen molar-refractivity contribution in [1.82, 2.24) is 20.4 Å². The van der Waals surface area contributed by atoms with Crippen molar-refractivity contribution in [3.63, 3.8) is 0 Å². The van der Waals surface area contributed by atoms with E-state index in [0.29, 0.717) is 31.0 Å². The Labute approximate surface area is 190 Å². The minimum absolute atomic E-state index is 0.0555. The molecule has 174 valence electrons. The highest BCUT2D eigenvalue weighted by Gasteiger charge is 2.29. The van der Waals surface area contributed by atoms with E-state index in [2.05, 4.69) is 27.4 Å². The smallest absolute Gasteiger partial charge is 0.324 e. The van der Waals surface area contributed by atoms with Gasteiger partial charge in [-0.05, 0) is 57.0 Å². The normalized spacial score (nSPS) is 19.8. The molecule has 2 aliphatic rings. The molecule has 1 amide bonds. The Kier molecular flexibility index (Phi) is 7.63. The van der Waals surface area contributed by atoms with Crippen molar-refractivity contribution in [2.24, 2.45) is 5.92 Å². The van der Waals surface area contributed by atoms with Crippen molar-refractivity contribution in [1.29, 1.82) is 0 Å². The summed E-state index contributed by atoms with van der Waals surface area (Å²) in [7, 11) is 3.82. The molecule has 4 rings (SSSR count). The number of nitrogens with one attached hydrogen (secondary N) is 1. The first kappa shape index (κ1) is 22.6. The van der Waals surface area contributed by atoms with E-state index in [1.165, 1.54) is 32.1 Å². The van der Waals surface area contributed by atoms with Gasteiger partial charge in [0.15, 0.2) is 0 Å². The van der Waals surface area contributed by atoms with E-state index in [-0.39, 0.29) is 11.8 Å². The van der Waals surface area contributed by atoms with Crippen LogP contribution in [-0.2, 0) is 4.79 Å². The van der Waals surface area contributed by atoms with Gasteiger partial charge in [-0.25, -0.2) is 0 Å². The summed E-state index contributed by atoms with van der Waals surface area (Å²) in [4.78, 5) is 21.8. The van der Waals surface area contributed by atoms with Gasteiger partial charge in [0.1, 0.15) is 5.75 Å². The highest BCUT2D eigenvalue weighted by atomic mass is 16.5. The molecule has 8 nitrogen and oxygen atoms in total. The van der Waals surface area contributed by atoms with Gasteiger partial charge < -0.3 is 24.4 Å². The minimum atomic E-state index is -0.0555. The number of rotatable bonds is 8. The zero-order chi connectivity index (χ0) is 22.3. The van der Waals surface area contributed by atoms with Crippen LogP contribution in [0.2, 0.25) is 0 Å². The lowest BCUT2D eigenvalue weighted by atomic mass is 9.94. The number of methoxy groups -OCH3 is 1. The van der Waals surface area contributed by atoms with Crippen molar-refractivity contribution in [3.8, 4) is 17.1 Å². The lowest BCUT2D eigenvalue weighted by Crippen LogP contribution is -2.45. The van der Waals surface area contributed by atoms with Crippen LogP contribution in [-0.4, -0.2) is 67.3 Å². The van der Waals surface area contributed by atoms with Gasteiger partial charge in [-0.2, -0.15) is 4.98 Å². The Bertz CT molecular complexity index is 863. The van der Waals surface area contributed by atoms with Gasteiger partial charge in [0.2, 0.25) is 11.7 Å². The van der Waals surface area contributed by atoms with Crippen molar-refractivity contribution in [2.75, 3.05) is 45.2 Å². The van der Waals surface area contributed by atoms with E-state index in [9.17, 15) is 4.79 Å². The Morgan fingerprint density at radius 1 is 1.19 bits per heavy atom. The van der Waals surface area contributed by atoms with E-state index in [1.54, 1.807) is 7.11 Å². The Balaban J connectivity index is 1.27. The summed E-state index contributed by atoms with van der Waals surface area (Å²) < 4.78 is 10.7. The zero-order valence-electron chi connectivity index (χ0n) is 19.3. The molecule has 1 aromatic heterocycles. The topological polar surface area (TPSA) is 83.7 Å². The number of aromatic nitrogens is 2. The highest BCUT2D eigenvalue weighted by molar-refractivity contribution is 5.79. The third-order valence-electron chi connectivity index (χ3n) is 6.79. The average Bonchev–Trinajstić information content (AvgIpc) is 3.35. The molecule has 32 heavy (non-hydrogen) atoms. The first-order chi connectivity index (χ1) is 15.6. The van der Waals surface area contributed by atoms with Gasteiger partial charge >= 0.3 is 6.01 Å². The first-order valence-corrected chi connectivity index (χ1v) is 11.8. The molecule has 2 heterocycles. The Hall–Kier alpha value is -2.61. The van der Waals surface area contributed by atoms with Crippen LogP contribution >= 0.6 is 0 Å². The van der Waals surface area contributed by atoms with Crippen LogP contribution in [0, 0.1) is 5.92 Å². The highest BCUT2D eigenvalue weighted by Crippen LogP contribution is 2.26. The van der Waals surface area contributed by atoms with Gasteiger partial charge in [-0.15, -0.1) is 0 Å². The molecule has 0 radical (unpaired) electrons. The number of likely N-dealkylation sites (N-methyl/N-ethyl adjacent to an activating group) is 1. The number of ether oxygens (including phenoxy) is 1. The predicted octanol–water partition coefficient (Wildman–Crippen LogP) is 3.34. The van der Waals surface area contributed by atoms with Crippen LogP contribution in [0.1, 0.15) is 44.9 Å². The summed E-state index contributed by atoms with van der Waals surface area (Å²) in [5.41, 5.74) is 0.870. The Morgan fingerprint density at radius 3 is 2.72 bits per heavy atom. The van der Waals surface area contributed by atoms with Gasteiger partial charge in [0, 0.05) is 37.8 Å². The SMILES string of the molecule is COc1ccc(-c2noc(N3CCC[C@@H](C(=O)NCCN(C)C4CCCCC4)C3)n2)cc1. The first-order valence-electron chi connectivity index (χ1n) is 11.8. The van der Waals surface area contributed by atoms with Crippen LogP contribution in [0.25, 0.3) is 11.4 Å². The number of carbonyl (C=O) groups excluding carboxylic acids is 1. The van der Waals surface area contributed by atoms with E-state index in [0.717, 1.165) is 37.2 Å². The number of piperidine rings is 1. The second-order valence-electron chi connectivity index (χ2n) is 8.98. The molecule has 0 unspecified atom stereocenters. The molecule has 0 bridgehead atoms. The fourth-order valence-electron chi connectivity index (χ4n) is 4.77. The standard InChI is InChI=1S/C24H35N5O3/c1-28(20-8-4-3-5-9-20)16-14-25-23(30)19-7-6-15-29(17-19)24-26-22(27-32-24)18-10-12-21(31-2)13-11-18/h10-13,19-20H,3-9,14-17H2,1-2H3,(H,25,30)/t19-/m1/s1. The molecular weight excluding hydrogens is 406 g/mol. The summed E-state index contributed by atoms with van der Waals surface area (Å²) in [5.74, 6) is 1.40. The summed E-state index contributed by atoms with van der Waals surface area (Å²) in [6, 6.07) is 8.71. The van der Waals surface area contributed by atoms with E-state index in [4.69, 9.17) is 9.26 Å². The zero-order valence-corrected chi connectivity index (χ0v) is 19.3. The molecule has 1 saturated carbocycles. The number of carbonyl (C=O) groups is 1. The predicted molar refractivity (Wildman–Crippen MR) is 124 cm³/mol. The van der Waals surface area contributed by atoms with Gasteiger partial charge in [0.25, 0.3) is 0 Å². The van der Waals surface area contributed by atoms with E-state index >= 15 is 0 Å². The maximum atomic E-state index is 12.8. The second-order valence-corrected chi connectivity index (χ2v) is 8.98. The van der Waals surface area contributed by atoms with Crippen molar-refractivity contribution >= 4 is 11.9 Å². The summed E-state index contributed by atoms with van der Waals surface area (Å²) in [6.07, 6.45) is 8.40. The molecule has 2 aromatic rings. The minimum Gasteiger partial charge on any atom is -0.497 e. The van der Waals surface area contributed by atoms with E-state index < -0.39 is 0 Å². The number of amides is 1. The van der Waals surface area contributed by atoms with Crippen LogP contribution < -0.4 is 15.0 Å². The lowest BCUT2D eigenvalue weighted by Gasteiger charge is -2.32. The van der Waals surface area contributed by atoms with Gasteiger partial charge in [-0.3, -0.25) is 4.79 Å². The largest absolute Gasteiger partial charge is 0.497 e. The van der Waals surface area contributed by atoms with Crippen molar-refractivity contribution in [2.45, 2.75) is 51.0 Å². The summed E-state index contributed by atoms with van der Waals surface area (Å²) in [6.45, 7) is 3.03. The molecule has 0 spiro atoms. The fourth-order valence-corrected chi connectivity index (χ4v) is 4.77. The number of benzene rings is 1. The van der Waals surface area contributed by atoms with Crippen LogP contribution in [0.15, 0.2) is 28.8 Å². The summed E-state index contributed by atoms with van der Waals surface area (Å²) in [5, 5.41) is 7.28. The van der Waals surface area contributed by atoms with Crippen molar-refractivity contribution < 1.29 is 14.1 Å². The second kappa shape index (κ2) is 10.8. The average molecular weight is 442 g/mol. The molecule has 1 N–H and O–H groups in total. The summed E-state index contributed by atoms with van der Waals surface area (Å²) >= 11 is 0. The molecular formula is C24H35N5O3. The van der Waals surface area contributed by atoms with Crippen molar-refractivity contribution in [3.05, 3.63) is 24.3 Å². The molecule has 1 aliphatic carbocycles. The van der Waals surface area contributed by atoms with Gasteiger partial charge in [-0.1, -0.05) is 24.4 Å². The molecule has 1 aliphatic heterocycles. The van der Waals surface area contributed by atoms with E-state index in [1.807, 2.05) is 29.2 Å². The molecule has 8 heteroatoms. The number of nitrogens with zero attached hydrogens (tertiary/aromatic N) is 4. The maximum Gasteiger partial charge on any atom is 0.324 e. The lowest BCUT2D eigenvalue weighted by molar-refractivity contribution is -0.125. The molecule has 2 fully saturated rings.